The average molecular weight is 404 g/mol. The number of hydrogen-bond acceptors (Lipinski definition) is 3. The zero-order valence-electron chi connectivity index (χ0n) is 16.1. The van der Waals surface area contributed by atoms with Gasteiger partial charge in [0.05, 0.1) is 16.1 Å². The average Bonchev–Trinajstić information content (AvgIpc) is 3.01. The Labute approximate surface area is 169 Å². The number of aryl methyl sites for hydroxylation is 1. The van der Waals surface area contributed by atoms with Gasteiger partial charge >= 0.3 is 0 Å². The number of anilines is 1. The van der Waals surface area contributed by atoms with Crippen LogP contribution in [0.3, 0.4) is 0 Å². The highest BCUT2D eigenvalue weighted by Gasteiger charge is 2.21. The highest BCUT2D eigenvalue weighted by Crippen LogP contribution is 2.34. The van der Waals surface area contributed by atoms with Crippen LogP contribution in [0.2, 0.25) is 0 Å². The number of benzene rings is 3. The highest BCUT2D eigenvalue weighted by atomic mass is 32.2. The summed E-state index contributed by atoms with van der Waals surface area (Å²) >= 11 is 0. The van der Waals surface area contributed by atoms with Crippen LogP contribution in [-0.2, 0) is 10.0 Å². The number of aromatic nitrogens is 1. The van der Waals surface area contributed by atoms with E-state index in [1.807, 2.05) is 54.8 Å². The SMILES string of the molecule is Cc1ccc(S(=O)(=O)Nc2cccc3c2c(C=O)c(C)n3-c2ccccc2)cc1. The van der Waals surface area contributed by atoms with Crippen LogP contribution in [0.15, 0.2) is 77.7 Å². The molecular formula is C23H20N2O3S. The summed E-state index contributed by atoms with van der Waals surface area (Å²) in [5.41, 5.74) is 4.24. The molecule has 0 radical (unpaired) electrons. The van der Waals surface area contributed by atoms with E-state index in [2.05, 4.69) is 4.72 Å². The normalized spacial score (nSPS) is 11.5. The minimum absolute atomic E-state index is 0.173. The predicted octanol–water partition coefficient (Wildman–Crippen LogP) is 4.86. The van der Waals surface area contributed by atoms with Gasteiger partial charge in [0.25, 0.3) is 10.0 Å². The van der Waals surface area contributed by atoms with Gasteiger partial charge in [-0.25, -0.2) is 8.42 Å². The van der Waals surface area contributed by atoms with Crippen LogP contribution in [0.5, 0.6) is 0 Å². The first-order valence-corrected chi connectivity index (χ1v) is 10.6. The summed E-state index contributed by atoms with van der Waals surface area (Å²) in [4.78, 5) is 12.1. The molecule has 1 N–H and O–H groups in total. The van der Waals surface area contributed by atoms with Crippen molar-refractivity contribution in [2.45, 2.75) is 18.7 Å². The van der Waals surface area contributed by atoms with Crippen molar-refractivity contribution >= 4 is 32.9 Å². The van der Waals surface area contributed by atoms with Gasteiger partial charge in [-0.3, -0.25) is 9.52 Å². The number of carbonyl (C=O) groups is 1. The summed E-state index contributed by atoms with van der Waals surface area (Å²) in [6, 6.07) is 21.6. The summed E-state index contributed by atoms with van der Waals surface area (Å²) in [5, 5.41) is 0.583. The second kappa shape index (κ2) is 7.22. The first-order valence-electron chi connectivity index (χ1n) is 9.16. The molecule has 1 heterocycles. The minimum Gasteiger partial charge on any atom is -0.313 e. The van der Waals surface area contributed by atoms with Gasteiger partial charge in [-0.15, -0.1) is 0 Å². The Hall–Kier alpha value is -3.38. The first-order chi connectivity index (χ1) is 13.9. The van der Waals surface area contributed by atoms with E-state index < -0.39 is 10.0 Å². The molecule has 0 amide bonds. The minimum atomic E-state index is -3.79. The van der Waals surface area contributed by atoms with Crippen molar-refractivity contribution in [1.29, 1.82) is 0 Å². The molecule has 0 aliphatic carbocycles. The molecule has 6 heteroatoms. The molecule has 0 saturated carbocycles. The van der Waals surface area contributed by atoms with E-state index in [1.165, 1.54) is 0 Å². The number of nitrogens with one attached hydrogen (secondary N) is 1. The van der Waals surface area contributed by atoms with Crippen molar-refractivity contribution < 1.29 is 13.2 Å². The summed E-state index contributed by atoms with van der Waals surface area (Å²) in [6.45, 7) is 3.75. The van der Waals surface area contributed by atoms with Crippen LogP contribution in [0.1, 0.15) is 21.6 Å². The molecule has 0 atom stereocenters. The fraction of sp³-hybridized carbons (Fsp3) is 0.0870. The number of aldehydes is 1. The molecule has 0 aliphatic rings. The van der Waals surface area contributed by atoms with Crippen LogP contribution in [0.4, 0.5) is 5.69 Å². The Bertz CT molecular complexity index is 1310. The van der Waals surface area contributed by atoms with Crippen molar-refractivity contribution in [2.24, 2.45) is 0 Å². The second-order valence-corrected chi connectivity index (χ2v) is 8.59. The number of sulfonamides is 1. The largest absolute Gasteiger partial charge is 0.313 e. The fourth-order valence-electron chi connectivity index (χ4n) is 3.55. The van der Waals surface area contributed by atoms with E-state index in [4.69, 9.17) is 0 Å². The van der Waals surface area contributed by atoms with Gasteiger partial charge in [-0.1, -0.05) is 42.0 Å². The fourth-order valence-corrected chi connectivity index (χ4v) is 4.62. The van der Waals surface area contributed by atoms with Gasteiger partial charge in [0.1, 0.15) is 0 Å². The van der Waals surface area contributed by atoms with Crippen LogP contribution < -0.4 is 4.72 Å². The van der Waals surface area contributed by atoms with E-state index in [0.29, 0.717) is 16.6 Å². The molecule has 0 fully saturated rings. The van der Waals surface area contributed by atoms with Crippen LogP contribution in [0.25, 0.3) is 16.6 Å². The number of rotatable bonds is 5. The molecule has 5 nitrogen and oxygen atoms in total. The molecule has 4 rings (SSSR count). The maximum atomic E-state index is 12.9. The topological polar surface area (TPSA) is 68.2 Å². The lowest BCUT2D eigenvalue weighted by Crippen LogP contribution is -2.13. The zero-order chi connectivity index (χ0) is 20.6. The van der Waals surface area contributed by atoms with E-state index in [9.17, 15) is 13.2 Å². The molecular weight excluding hydrogens is 384 g/mol. The van der Waals surface area contributed by atoms with Gasteiger partial charge in [-0.2, -0.15) is 0 Å². The molecule has 0 saturated heterocycles. The van der Waals surface area contributed by atoms with E-state index in [-0.39, 0.29) is 4.90 Å². The number of nitrogens with zero attached hydrogens (tertiary/aromatic N) is 1. The second-order valence-electron chi connectivity index (χ2n) is 6.91. The third-order valence-corrected chi connectivity index (χ3v) is 6.37. The van der Waals surface area contributed by atoms with Crippen LogP contribution >= 0.6 is 0 Å². The standard InChI is InChI=1S/C23H20N2O3S/c1-16-11-13-19(14-12-16)29(27,28)24-21-9-6-10-22-23(21)20(15-26)17(2)25(22)18-7-4-3-5-8-18/h3-15,24H,1-2H3. The number of carbonyl (C=O) groups excluding carboxylic acids is 1. The monoisotopic (exact) mass is 404 g/mol. The third-order valence-electron chi connectivity index (χ3n) is 4.99. The lowest BCUT2D eigenvalue weighted by atomic mass is 10.1. The van der Waals surface area contributed by atoms with Gasteiger partial charge in [0, 0.05) is 22.3 Å². The summed E-state index contributed by atoms with van der Waals surface area (Å²) in [6.07, 6.45) is 0.779. The Balaban J connectivity index is 1.91. The summed E-state index contributed by atoms with van der Waals surface area (Å²) in [5.74, 6) is 0. The van der Waals surface area contributed by atoms with E-state index in [0.717, 1.165) is 28.7 Å². The maximum absolute atomic E-state index is 12.9. The first kappa shape index (κ1) is 19.0. The molecule has 0 aliphatic heterocycles. The molecule has 0 spiro atoms. The molecule has 29 heavy (non-hydrogen) atoms. The predicted molar refractivity (Wildman–Crippen MR) is 115 cm³/mol. The van der Waals surface area contributed by atoms with Gasteiger partial charge < -0.3 is 4.57 Å². The van der Waals surface area contributed by atoms with Crippen LogP contribution in [0, 0.1) is 13.8 Å². The quantitative estimate of drug-likeness (QED) is 0.483. The summed E-state index contributed by atoms with van der Waals surface area (Å²) in [7, 11) is -3.79. The lowest BCUT2D eigenvalue weighted by molar-refractivity contribution is 0.112. The Morgan fingerprint density at radius 1 is 0.862 bits per heavy atom. The highest BCUT2D eigenvalue weighted by molar-refractivity contribution is 7.92. The maximum Gasteiger partial charge on any atom is 0.261 e. The van der Waals surface area contributed by atoms with Crippen molar-refractivity contribution in [3.05, 3.63) is 89.6 Å². The molecule has 4 aromatic rings. The van der Waals surface area contributed by atoms with E-state index in [1.54, 1.807) is 36.4 Å². The van der Waals surface area contributed by atoms with Crippen molar-refractivity contribution in [1.82, 2.24) is 4.57 Å². The van der Waals surface area contributed by atoms with Crippen LogP contribution in [-0.4, -0.2) is 19.3 Å². The van der Waals surface area contributed by atoms with Crippen molar-refractivity contribution in [2.75, 3.05) is 4.72 Å². The zero-order valence-corrected chi connectivity index (χ0v) is 16.9. The molecule has 146 valence electrons. The molecule has 1 aromatic heterocycles. The number of hydrogen-bond donors (Lipinski definition) is 1. The van der Waals surface area contributed by atoms with Gasteiger partial charge in [0.15, 0.2) is 6.29 Å². The number of para-hydroxylation sites is 1. The van der Waals surface area contributed by atoms with Crippen molar-refractivity contribution in [3.63, 3.8) is 0 Å². The third kappa shape index (κ3) is 3.32. The molecule has 0 unspecified atom stereocenters. The Kier molecular flexibility index (Phi) is 4.72. The Morgan fingerprint density at radius 2 is 1.55 bits per heavy atom. The van der Waals surface area contributed by atoms with Gasteiger partial charge in [-0.05, 0) is 50.2 Å². The lowest BCUT2D eigenvalue weighted by Gasteiger charge is -2.11. The van der Waals surface area contributed by atoms with Gasteiger partial charge in [0.2, 0.25) is 0 Å². The smallest absolute Gasteiger partial charge is 0.261 e. The summed E-state index contributed by atoms with van der Waals surface area (Å²) < 4.78 is 30.4. The number of fused-ring (bicyclic) bond motifs is 1. The molecule has 3 aromatic carbocycles. The van der Waals surface area contributed by atoms with Crippen molar-refractivity contribution in [3.8, 4) is 5.69 Å². The molecule has 0 bridgehead atoms. The Morgan fingerprint density at radius 3 is 2.21 bits per heavy atom. The van der Waals surface area contributed by atoms with E-state index >= 15 is 0 Å².